The average molecular weight is 222 g/mol. The van der Waals surface area contributed by atoms with Gasteiger partial charge in [0.2, 0.25) is 0 Å². The Kier molecular flexibility index (Phi) is 4.35. The van der Waals surface area contributed by atoms with Crippen LogP contribution >= 0.6 is 0 Å². The van der Waals surface area contributed by atoms with Crippen LogP contribution in [0.15, 0.2) is 18.2 Å². The Morgan fingerprint density at radius 2 is 2.12 bits per heavy atom. The summed E-state index contributed by atoms with van der Waals surface area (Å²) in [5, 5.41) is 8.61. The number of hydrogen-bond donors (Lipinski definition) is 1. The summed E-state index contributed by atoms with van der Waals surface area (Å²) in [5.41, 5.74) is 2.21. The van der Waals surface area contributed by atoms with Crippen LogP contribution in [0.5, 0.6) is 5.75 Å². The highest BCUT2D eigenvalue weighted by Crippen LogP contribution is 2.27. The lowest BCUT2D eigenvalue weighted by Crippen LogP contribution is -2.11. The molecule has 0 radical (unpaired) electrons. The molecule has 0 unspecified atom stereocenters. The zero-order valence-corrected chi connectivity index (χ0v) is 9.99. The fraction of sp³-hybridized carbons (Fsp3) is 0.462. The predicted molar refractivity (Wildman–Crippen MR) is 63.0 cm³/mol. The monoisotopic (exact) mass is 222 g/mol. The largest absolute Gasteiger partial charge is 0.482 e. The summed E-state index contributed by atoms with van der Waals surface area (Å²) in [6, 6.07) is 6.00. The molecule has 16 heavy (non-hydrogen) atoms. The van der Waals surface area contributed by atoms with E-state index in [4.69, 9.17) is 9.84 Å². The first-order valence-corrected chi connectivity index (χ1v) is 5.52. The molecule has 88 valence electrons. The fourth-order valence-electron chi connectivity index (χ4n) is 1.54. The quantitative estimate of drug-likeness (QED) is 0.833. The Hall–Kier alpha value is -1.51. The molecule has 0 aliphatic carbocycles. The van der Waals surface area contributed by atoms with Crippen molar-refractivity contribution in [3.05, 3.63) is 29.3 Å². The maximum atomic E-state index is 10.5. The van der Waals surface area contributed by atoms with E-state index in [0.29, 0.717) is 11.7 Å². The van der Waals surface area contributed by atoms with Crippen molar-refractivity contribution < 1.29 is 14.6 Å². The molecule has 1 N–H and O–H groups in total. The van der Waals surface area contributed by atoms with Crippen LogP contribution in [-0.2, 0) is 11.2 Å². The lowest BCUT2D eigenvalue weighted by molar-refractivity contribution is -0.139. The van der Waals surface area contributed by atoms with Gasteiger partial charge in [-0.15, -0.1) is 0 Å². The molecular formula is C13H18O3. The van der Waals surface area contributed by atoms with E-state index in [1.165, 1.54) is 0 Å². The first-order chi connectivity index (χ1) is 7.54. The lowest BCUT2D eigenvalue weighted by atomic mass is 9.99. The number of carboxylic acid groups (broad SMARTS) is 1. The van der Waals surface area contributed by atoms with Crippen LogP contribution in [0.2, 0.25) is 0 Å². The molecule has 0 aromatic heterocycles. The van der Waals surface area contributed by atoms with Gasteiger partial charge < -0.3 is 9.84 Å². The second kappa shape index (κ2) is 5.54. The highest BCUT2D eigenvalue weighted by molar-refractivity contribution is 5.68. The molecule has 3 heteroatoms. The SMILES string of the molecule is CCc1ccc(C(C)C)c(OCC(=O)O)c1. The number of hydrogen-bond acceptors (Lipinski definition) is 2. The van der Waals surface area contributed by atoms with Gasteiger partial charge in [0.15, 0.2) is 6.61 Å². The number of rotatable bonds is 5. The van der Waals surface area contributed by atoms with Crippen molar-refractivity contribution in [3.8, 4) is 5.75 Å². The van der Waals surface area contributed by atoms with Crippen molar-refractivity contribution in [2.24, 2.45) is 0 Å². The van der Waals surface area contributed by atoms with E-state index < -0.39 is 5.97 Å². The molecule has 0 amide bonds. The van der Waals surface area contributed by atoms with Gasteiger partial charge in [-0.25, -0.2) is 4.79 Å². The number of carboxylic acids is 1. The molecule has 0 spiro atoms. The minimum Gasteiger partial charge on any atom is -0.482 e. The van der Waals surface area contributed by atoms with E-state index in [-0.39, 0.29) is 6.61 Å². The second-order valence-corrected chi connectivity index (χ2v) is 4.06. The minimum atomic E-state index is -0.948. The van der Waals surface area contributed by atoms with Crippen LogP contribution in [0.1, 0.15) is 37.8 Å². The van der Waals surface area contributed by atoms with Gasteiger partial charge in [0, 0.05) is 0 Å². The van der Waals surface area contributed by atoms with Crippen LogP contribution in [-0.4, -0.2) is 17.7 Å². The number of carbonyl (C=O) groups is 1. The van der Waals surface area contributed by atoms with E-state index in [1.807, 2.05) is 12.1 Å². The average Bonchev–Trinajstić information content (AvgIpc) is 2.25. The summed E-state index contributed by atoms with van der Waals surface area (Å²) in [5.74, 6) is 0.0723. The number of aliphatic carboxylic acids is 1. The second-order valence-electron chi connectivity index (χ2n) is 4.06. The van der Waals surface area contributed by atoms with Crippen LogP contribution in [0.25, 0.3) is 0 Å². The van der Waals surface area contributed by atoms with Gasteiger partial charge >= 0.3 is 5.97 Å². The summed E-state index contributed by atoms with van der Waals surface area (Å²) >= 11 is 0. The number of benzene rings is 1. The Morgan fingerprint density at radius 1 is 1.44 bits per heavy atom. The number of aryl methyl sites for hydroxylation is 1. The van der Waals surface area contributed by atoms with Gasteiger partial charge in [-0.2, -0.15) is 0 Å². The zero-order valence-electron chi connectivity index (χ0n) is 9.99. The van der Waals surface area contributed by atoms with E-state index in [0.717, 1.165) is 17.5 Å². The van der Waals surface area contributed by atoms with Crippen LogP contribution in [0, 0.1) is 0 Å². The number of ether oxygens (including phenoxy) is 1. The molecule has 0 atom stereocenters. The molecular weight excluding hydrogens is 204 g/mol. The zero-order chi connectivity index (χ0) is 12.1. The van der Waals surface area contributed by atoms with Gasteiger partial charge in [0.25, 0.3) is 0 Å². The van der Waals surface area contributed by atoms with Crippen LogP contribution < -0.4 is 4.74 Å². The third kappa shape index (κ3) is 3.26. The highest BCUT2D eigenvalue weighted by atomic mass is 16.5. The molecule has 0 saturated heterocycles. The van der Waals surface area contributed by atoms with Crippen molar-refractivity contribution >= 4 is 5.97 Å². The summed E-state index contributed by atoms with van der Waals surface area (Å²) in [4.78, 5) is 10.5. The molecule has 1 rings (SSSR count). The molecule has 0 saturated carbocycles. The van der Waals surface area contributed by atoms with Crippen molar-refractivity contribution in [2.45, 2.75) is 33.1 Å². The van der Waals surface area contributed by atoms with Crippen molar-refractivity contribution in [2.75, 3.05) is 6.61 Å². The smallest absolute Gasteiger partial charge is 0.341 e. The Bertz CT molecular complexity index is 369. The van der Waals surface area contributed by atoms with Gasteiger partial charge in [-0.3, -0.25) is 0 Å². The molecule has 3 nitrogen and oxygen atoms in total. The Balaban J connectivity index is 2.95. The van der Waals surface area contributed by atoms with Gasteiger partial charge in [0.05, 0.1) is 0 Å². The highest BCUT2D eigenvalue weighted by Gasteiger charge is 2.09. The fourth-order valence-corrected chi connectivity index (χ4v) is 1.54. The Labute approximate surface area is 96.1 Å². The van der Waals surface area contributed by atoms with E-state index >= 15 is 0 Å². The van der Waals surface area contributed by atoms with Crippen molar-refractivity contribution in [1.29, 1.82) is 0 Å². The molecule has 0 bridgehead atoms. The Morgan fingerprint density at radius 3 is 2.62 bits per heavy atom. The lowest BCUT2D eigenvalue weighted by Gasteiger charge is -2.14. The van der Waals surface area contributed by atoms with Crippen LogP contribution in [0.4, 0.5) is 0 Å². The third-order valence-electron chi connectivity index (χ3n) is 2.46. The summed E-state index contributed by atoms with van der Waals surface area (Å²) < 4.78 is 5.30. The van der Waals surface area contributed by atoms with Crippen LogP contribution in [0.3, 0.4) is 0 Å². The van der Waals surface area contributed by atoms with E-state index in [1.54, 1.807) is 0 Å². The summed E-state index contributed by atoms with van der Waals surface area (Å²) in [6.45, 7) is 5.90. The standard InChI is InChI=1S/C13H18O3/c1-4-10-5-6-11(9(2)3)12(7-10)16-8-13(14)15/h5-7,9H,4,8H2,1-3H3,(H,14,15). The molecule has 0 aliphatic heterocycles. The van der Waals surface area contributed by atoms with E-state index in [9.17, 15) is 4.79 Å². The predicted octanol–water partition coefficient (Wildman–Crippen LogP) is 2.84. The van der Waals surface area contributed by atoms with Crippen molar-refractivity contribution in [1.82, 2.24) is 0 Å². The molecule has 1 aromatic carbocycles. The van der Waals surface area contributed by atoms with Gasteiger partial charge in [-0.1, -0.05) is 32.9 Å². The third-order valence-corrected chi connectivity index (χ3v) is 2.46. The van der Waals surface area contributed by atoms with E-state index in [2.05, 4.69) is 26.8 Å². The minimum absolute atomic E-state index is 0.285. The van der Waals surface area contributed by atoms with Crippen molar-refractivity contribution in [3.63, 3.8) is 0 Å². The molecule has 0 aliphatic rings. The molecule has 0 fully saturated rings. The molecule has 1 aromatic rings. The van der Waals surface area contributed by atoms with Gasteiger partial charge in [0.1, 0.15) is 5.75 Å². The first kappa shape index (κ1) is 12.6. The normalized spacial score (nSPS) is 10.5. The maximum absolute atomic E-state index is 10.5. The van der Waals surface area contributed by atoms with Gasteiger partial charge in [-0.05, 0) is 29.5 Å². The maximum Gasteiger partial charge on any atom is 0.341 e. The summed E-state index contributed by atoms with van der Waals surface area (Å²) in [6.07, 6.45) is 0.918. The first-order valence-electron chi connectivity index (χ1n) is 5.52. The molecule has 0 heterocycles. The summed E-state index contributed by atoms with van der Waals surface area (Å²) in [7, 11) is 0. The topological polar surface area (TPSA) is 46.5 Å².